The van der Waals surface area contributed by atoms with Gasteiger partial charge in [-0.25, -0.2) is 0 Å². The van der Waals surface area contributed by atoms with Crippen molar-refractivity contribution in [2.75, 3.05) is 0 Å². The summed E-state index contributed by atoms with van der Waals surface area (Å²) in [6.45, 7) is -2.09. The van der Waals surface area contributed by atoms with Crippen molar-refractivity contribution in [2.24, 2.45) is 0 Å². The number of para-hydroxylation sites is 2. The van der Waals surface area contributed by atoms with Crippen LogP contribution in [0, 0.1) is 18.3 Å². The van der Waals surface area contributed by atoms with Gasteiger partial charge in [-0.3, -0.25) is 16.3 Å². The number of nitrogens with zero attached hydrogens (tertiary/aromatic N) is 3. The van der Waals surface area contributed by atoms with Crippen LogP contribution in [0.5, 0.6) is 0 Å². The van der Waals surface area contributed by atoms with Gasteiger partial charge in [0.2, 0.25) is 0 Å². The van der Waals surface area contributed by atoms with Gasteiger partial charge in [0.15, 0.2) is 0 Å². The minimum absolute atomic E-state index is 0. The third-order valence-electron chi connectivity index (χ3n) is 8.59. The Kier molecular flexibility index (Phi) is 9.30. The molecule has 3 aromatic heterocycles. The molecule has 0 saturated carbocycles. The molecule has 0 saturated heterocycles. The van der Waals surface area contributed by atoms with E-state index in [1.807, 2.05) is 18.2 Å². The topological polar surface area (TPSA) is 30.7 Å². The summed E-state index contributed by atoms with van der Waals surface area (Å²) in [6.07, 6.45) is 2.30. The molecule has 0 unspecified atom stereocenters. The zero-order valence-corrected chi connectivity index (χ0v) is 30.7. The average Bonchev–Trinajstić information content (AvgIpc) is 3.80. The first-order valence-corrected chi connectivity index (χ1v) is 17.3. The Labute approximate surface area is 320 Å². The van der Waals surface area contributed by atoms with E-state index in [1.54, 1.807) is 29.5 Å². The molecular weight excluding hydrogens is 819 g/mol. The number of pyridine rings is 1. The molecule has 0 atom stereocenters. The van der Waals surface area contributed by atoms with E-state index in [0.29, 0.717) is 0 Å². The normalized spacial score (nSPS) is 11.9. The van der Waals surface area contributed by atoms with Gasteiger partial charge in [0.1, 0.15) is 0 Å². The number of hydrogen-bond acceptors (Lipinski definition) is 3. The maximum atomic E-state index is 7.23. The standard InChI is InChI=1S/C34H23N2S.C12H10N.Ir/c1-3-9-24(10-4-1)21-25-15-20-33-29(22-25)30(23-37-33)34-35-31-13-7-8-14-32(31)36(34)28-18-16-27(17-19-28)26-11-5-2-6-12-26;1-10-7-8-12(13-9-10)11-5-3-2-4-6-11;/h1-20,22H,21H2;2-5,7-9H,1H3;/q2*-1;/i;1D3;. The number of rotatable bonds is 6. The predicted molar refractivity (Wildman–Crippen MR) is 209 cm³/mol. The molecule has 3 heterocycles. The number of hydrogen-bond donors (Lipinski definition) is 0. The fourth-order valence-corrected chi connectivity index (χ4v) is 6.94. The molecule has 0 aliphatic rings. The molecule has 0 aliphatic heterocycles. The van der Waals surface area contributed by atoms with Gasteiger partial charge in [-0.2, -0.15) is 0 Å². The Morgan fingerprint density at radius 3 is 2.20 bits per heavy atom. The molecule has 0 spiro atoms. The number of aromatic nitrogens is 3. The third-order valence-corrected chi connectivity index (χ3v) is 9.48. The fraction of sp³-hybridized carbons (Fsp3) is 0.0435. The van der Waals surface area contributed by atoms with E-state index < -0.39 is 6.85 Å². The molecule has 9 aromatic rings. The minimum Gasteiger partial charge on any atom is -0.333 e. The van der Waals surface area contributed by atoms with Crippen molar-refractivity contribution in [3.63, 3.8) is 0 Å². The Bertz CT molecular complexity index is 2600. The van der Waals surface area contributed by atoms with Crippen LogP contribution in [-0.4, -0.2) is 14.5 Å². The number of aryl methyl sites for hydroxylation is 1. The number of benzene rings is 6. The monoisotopic (exact) mass is 855 g/mol. The molecule has 1 radical (unpaired) electrons. The van der Waals surface area contributed by atoms with Crippen molar-refractivity contribution in [1.82, 2.24) is 14.5 Å². The van der Waals surface area contributed by atoms with E-state index in [2.05, 4.69) is 148 Å². The van der Waals surface area contributed by atoms with Crippen molar-refractivity contribution in [1.29, 1.82) is 0 Å². The second-order valence-electron chi connectivity index (χ2n) is 12.0. The van der Waals surface area contributed by atoms with E-state index in [4.69, 9.17) is 9.10 Å². The number of thiophene rings is 1. The van der Waals surface area contributed by atoms with Crippen LogP contribution in [0.15, 0.2) is 170 Å². The summed E-state index contributed by atoms with van der Waals surface area (Å²) in [6, 6.07) is 58.8. The summed E-state index contributed by atoms with van der Waals surface area (Å²) in [4.78, 5) is 9.24. The van der Waals surface area contributed by atoms with Gasteiger partial charge in [-0.15, -0.1) is 47.3 Å². The molecule has 0 bridgehead atoms. The second-order valence-corrected chi connectivity index (χ2v) is 12.8. The van der Waals surface area contributed by atoms with Crippen LogP contribution in [0.25, 0.3) is 60.6 Å². The van der Waals surface area contributed by atoms with Gasteiger partial charge in [-0.1, -0.05) is 130 Å². The molecule has 249 valence electrons. The molecule has 6 aromatic carbocycles. The zero-order chi connectivity index (χ0) is 36.2. The Hall–Kier alpha value is -5.45. The molecular formula is C46H33IrN3S-2. The van der Waals surface area contributed by atoms with Gasteiger partial charge < -0.3 is 9.55 Å². The van der Waals surface area contributed by atoms with Crippen LogP contribution in [0.1, 0.15) is 20.8 Å². The van der Waals surface area contributed by atoms with Crippen LogP contribution in [0.3, 0.4) is 0 Å². The van der Waals surface area contributed by atoms with Gasteiger partial charge in [-0.05, 0) is 65.5 Å². The van der Waals surface area contributed by atoms with E-state index in [1.165, 1.54) is 38.5 Å². The molecule has 0 amide bonds. The average molecular weight is 855 g/mol. The second kappa shape index (κ2) is 15.6. The first kappa shape index (κ1) is 30.4. The van der Waals surface area contributed by atoms with Gasteiger partial charge in [0, 0.05) is 36.1 Å². The van der Waals surface area contributed by atoms with E-state index >= 15 is 0 Å². The molecule has 0 fully saturated rings. The Morgan fingerprint density at radius 1 is 0.706 bits per heavy atom. The van der Waals surface area contributed by atoms with E-state index in [0.717, 1.165) is 45.8 Å². The SMILES string of the molecule is [2H]C([2H])([2H])c1ccc(-c2[c-]cccc2)nc1.[Ir].[c-]1sc2ccc(Cc3ccccc3)cc2c1-c1nc2ccccc2n1-c1ccc(-c2ccccc2)cc1. The minimum atomic E-state index is -2.09. The molecule has 0 aliphatic carbocycles. The summed E-state index contributed by atoms with van der Waals surface area (Å²) in [5, 5.41) is 4.79. The van der Waals surface area contributed by atoms with Crippen molar-refractivity contribution >= 4 is 32.5 Å². The van der Waals surface area contributed by atoms with Gasteiger partial charge in [0.25, 0.3) is 0 Å². The number of imidazole rings is 1. The first-order valence-electron chi connectivity index (χ1n) is 18.0. The van der Waals surface area contributed by atoms with E-state index in [9.17, 15) is 0 Å². The van der Waals surface area contributed by atoms with Crippen molar-refractivity contribution in [2.45, 2.75) is 13.3 Å². The summed E-state index contributed by atoms with van der Waals surface area (Å²) in [7, 11) is 0. The Morgan fingerprint density at radius 2 is 1.45 bits per heavy atom. The largest absolute Gasteiger partial charge is 0.333 e. The first-order chi connectivity index (χ1) is 25.9. The number of fused-ring (bicyclic) bond motifs is 2. The summed E-state index contributed by atoms with van der Waals surface area (Å²) < 4.78 is 25.2. The van der Waals surface area contributed by atoms with Crippen molar-refractivity contribution in [3.8, 4) is 39.5 Å². The smallest absolute Gasteiger partial charge is 0.0774 e. The van der Waals surface area contributed by atoms with Crippen LogP contribution in [-0.2, 0) is 26.5 Å². The zero-order valence-electron chi connectivity index (χ0n) is 30.5. The maximum Gasteiger partial charge on any atom is 0.0774 e. The summed E-state index contributed by atoms with van der Waals surface area (Å²) >= 11 is 1.66. The molecule has 3 nitrogen and oxygen atoms in total. The third kappa shape index (κ3) is 7.52. The van der Waals surface area contributed by atoms with Crippen LogP contribution in [0.4, 0.5) is 0 Å². The summed E-state index contributed by atoms with van der Waals surface area (Å²) in [5.74, 6) is 0.928. The quantitative estimate of drug-likeness (QED) is 0.156. The van der Waals surface area contributed by atoms with Crippen LogP contribution >= 0.6 is 11.3 Å². The van der Waals surface area contributed by atoms with Crippen LogP contribution in [0.2, 0.25) is 0 Å². The van der Waals surface area contributed by atoms with Gasteiger partial charge in [0.05, 0.1) is 16.9 Å². The van der Waals surface area contributed by atoms with Crippen molar-refractivity contribution in [3.05, 3.63) is 198 Å². The van der Waals surface area contributed by atoms with E-state index in [-0.39, 0.29) is 25.7 Å². The van der Waals surface area contributed by atoms with Crippen LogP contribution < -0.4 is 0 Å². The molecule has 51 heavy (non-hydrogen) atoms. The maximum absolute atomic E-state index is 7.23. The molecule has 0 N–H and O–H groups in total. The van der Waals surface area contributed by atoms with Gasteiger partial charge >= 0.3 is 0 Å². The summed E-state index contributed by atoms with van der Waals surface area (Å²) in [5.41, 5.74) is 11.1. The Balaban J connectivity index is 0.000000223. The molecule has 5 heteroatoms. The molecule has 9 rings (SSSR count). The van der Waals surface area contributed by atoms with Crippen molar-refractivity contribution < 1.29 is 24.2 Å². The predicted octanol–water partition coefficient (Wildman–Crippen LogP) is 11.8. The fourth-order valence-electron chi connectivity index (χ4n) is 6.12.